The van der Waals surface area contributed by atoms with E-state index in [0.29, 0.717) is 30.8 Å². The van der Waals surface area contributed by atoms with Crippen molar-refractivity contribution in [3.8, 4) is 5.75 Å². The van der Waals surface area contributed by atoms with Crippen LogP contribution in [0, 0.1) is 17.5 Å². The Morgan fingerprint density at radius 1 is 1.09 bits per heavy atom. The summed E-state index contributed by atoms with van der Waals surface area (Å²) in [5, 5.41) is 9.99. The molecular weight excluding hydrogens is 441 g/mol. The highest BCUT2D eigenvalue weighted by atomic mass is 19.2. The number of allylic oxidation sites excluding steroid dienone is 1. The molecular formula is C28H35F3O3. The topological polar surface area (TPSA) is 38.7 Å². The van der Waals surface area contributed by atoms with E-state index in [1.165, 1.54) is 18.2 Å². The molecule has 6 heteroatoms. The number of ether oxygens (including phenoxy) is 2. The summed E-state index contributed by atoms with van der Waals surface area (Å²) in [6.45, 7) is 6.04. The van der Waals surface area contributed by atoms with Gasteiger partial charge in [-0.25, -0.2) is 13.2 Å². The van der Waals surface area contributed by atoms with Crippen LogP contribution in [-0.4, -0.2) is 17.8 Å². The van der Waals surface area contributed by atoms with Gasteiger partial charge in [-0.05, 0) is 62.5 Å². The van der Waals surface area contributed by atoms with Crippen LogP contribution in [0.15, 0.2) is 43.0 Å². The van der Waals surface area contributed by atoms with Crippen molar-refractivity contribution in [2.75, 3.05) is 6.61 Å². The molecule has 0 aromatic heterocycles. The van der Waals surface area contributed by atoms with Crippen LogP contribution in [0.4, 0.5) is 13.2 Å². The average Bonchev–Trinajstić information content (AvgIpc) is 2.83. The lowest BCUT2D eigenvalue weighted by Gasteiger charge is -2.29. The number of unbranched alkanes of at least 4 members (excludes halogenated alkanes) is 1. The smallest absolute Gasteiger partial charge is 0.164 e. The first-order valence-corrected chi connectivity index (χ1v) is 12.2. The van der Waals surface area contributed by atoms with E-state index in [-0.39, 0.29) is 35.6 Å². The van der Waals surface area contributed by atoms with E-state index in [2.05, 4.69) is 6.58 Å². The van der Waals surface area contributed by atoms with Crippen LogP contribution in [-0.2, 0) is 11.3 Å². The van der Waals surface area contributed by atoms with Gasteiger partial charge in [0.1, 0.15) is 11.6 Å². The number of aliphatic hydroxyl groups is 1. The highest BCUT2D eigenvalue weighted by Gasteiger charge is 2.26. The molecule has 2 aromatic carbocycles. The molecule has 0 heterocycles. The summed E-state index contributed by atoms with van der Waals surface area (Å²) < 4.78 is 55.0. The Morgan fingerprint density at radius 2 is 1.85 bits per heavy atom. The number of benzene rings is 2. The minimum atomic E-state index is -1.01. The Bertz CT molecular complexity index is 939. The summed E-state index contributed by atoms with van der Waals surface area (Å²) in [4.78, 5) is 0. The zero-order chi connectivity index (χ0) is 24.5. The second-order valence-electron chi connectivity index (χ2n) is 8.99. The van der Waals surface area contributed by atoms with Crippen LogP contribution in [0.25, 0.3) is 0 Å². The monoisotopic (exact) mass is 476 g/mol. The Labute approximate surface area is 200 Å². The first-order chi connectivity index (χ1) is 16.4. The molecule has 1 saturated carbocycles. The van der Waals surface area contributed by atoms with Gasteiger partial charge in [-0.15, -0.1) is 6.58 Å². The molecule has 0 saturated heterocycles. The third-order valence-corrected chi connectivity index (χ3v) is 6.50. The fraction of sp³-hybridized carbons (Fsp3) is 0.500. The van der Waals surface area contributed by atoms with Crippen LogP contribution < -0.4 is 4.74 Å². The number of hydrogen-bond acceptors (Lipinski definition) is 3. The predicted octanol–water partition coefficient (Wildman–Crippen LogP) is 7.53. The van der Waals surface area contributed by atoms with Crippen LogP contribution in [0.3, 0.4) is 0 Å². The molecule has 1 fully saturated rings. The molecule has 1 aliphatic rings. The molecule has 0 amide bonds. The highest BCUT2D eigenvalue weighted by Crippen LogP contribution is 2.36. The van der Waals surface area contributed by atoms with Crippen molar-refractivity contribution in [2.45, 2.75) is 83.0 Å². The SMILES string of the molecule is C=CCCCOc1ccc(C2CCC(OCc3ccc(C(O)CCC)c(F)c3F)CC2)c(F)c1. The molecule has 1 N–H and O–H groups in total. The van der Waals surface area contributed by atoms with Gasteiger partial charge in [0.25, 0.3) is 0 Å². The lowest BCUT2D eigenvalue weighted by molar-refractivity contribution is 0.0116. The average molecular weight is 477 g/mol. The van der Waals surface area contributed by atoms with E-state index < -0.39 is 17.7 Å². The van der Waals surface area contributed by atoms with Crippen molar-refractivity contribution >= 4 is 0 Å². The number of rotatable bonds is 12. The molecule has 186 valence electrons. The largest absolute Gasteiger partial charge is 0.493 e. The highest BCUT2D eigenvalue weighted by molar-refractivity contribution is 5.31. The summed E-state index contributed by atoms with van der Waals surface area (Å²) in [6.07, 6.45) is 6.47. The maximum absolute atomic E-state index is 14.7. The van der Waals surface area contributed by atoms with Gasteiger partial charge < -0.3 is 14.6 Å². The molecule has 2 aromatic rings. The lowest BCUT2D eigenvalue weighted by atomic mass is 9.82. The lowest BCUT2D eigenvalue weighted by Crippen LogP contribution is -2.21. The van der Waals surface area contributed by atoms with Crippen LogP contribution >= 0.6 is 0 Å². The van der Waals surface area contributed by atoms with Crippen molar-refractivity contribution in [1.29, 1.82) is 0 Å². The van der Waals surface area contributed by atoms with Crippen LogP contribution in [0.2, 0.25) is 0 Å². The van der Waals surface area contributed by atoms with E-state index in [4.69, 9.17) is 9.47 Å². The minimum Gasteiger partial charge on any atom is -0.493 e. The third kappa shape index (κ3) is 6.86. The fourth-order valence-corrected chi connectivity index (χ4v) is 4.50. The van der Waals surface area contributed by atoms with E-state index in [1.54, 1.807) is 6.07 Å². The number of hydrogen-bond donors (Lipinski definition) is 1. The molecule has 1 atom stereocenters. The zero-order valence-electron chi connectivity index (χ0n) is 19.9. The maximum Gasteiger partial charge on any atom is 0.164 e. The molecule has 0 bridgehead atoms. The van der Waals surface area contributed by atoms with Gasteiger partial charge in [0.15, 0.2) is 11.6 Å². The molecule has 34 heavy (non-hydrogen) atoms. The number of aliphatic hydroxyl groups excluding tert-OH is 1. The molecule has 0 aliphatic heterocycles. The van der Waals surface area contributed by atoms with Crippen molar-refractivity contribution in [2.24, 2.45) is 0 Å². The third-order valence-electron chi connectivity index (χ3n) is 6.50. The van der Waals surface area contributed by atoms with Gasteiger partial charge >= 0.3 is 0 Å². The molecule has 0 radical (unpaired) electrons. The maximum atomic E-state index is 14.7. The van der Waals surface area contributed by atoms with Crippen molar-refractivity contribution in [3.05, 3.63) is 77.1 Å². The summed E-state index contributed by atoms with van der Waals surface area (Å²) in [7, 11) is 0. The molecule has 3 nitrogen and oxygen atoms in total. The van der Waals surface area contributed by atoms with Gasteiger partial charge in [-0.3, -0.25) is 0 Å². The van der Waals surface area contributed by atoms with Crippen molar-refractivity contribution in [3.63, 3.8) is 0 Å². The van der Waals surface area contributed by atoms with Crippen LogP contribution in [0.5, 0.6) is 5.75 Å². The summed E-state index contributed by atoms with van der Waals surface area (Å²) >= 11 is 0. The predicted molar refractivity (Wildman–Crippen MR) is 127 cm³/mol. The van der Waals surface area contributed by atoms with Crippen molar-refractivity contribution in [1.82, 2.24) is 0 Å². The van der Waals surface area contributed by atoms with Crippen molar-refractivity contribution < 1.29 is 27.8 Å². The molecule has 1 aliphatic carbocycles. The fourth-order valence-electron chi connectivity index (χ4n) is 4.50. The van der Waals surface area contributed by atoms with E-state index in [9.17, 15) is 18.3 Å². The molecule has 3 rings (SSSR count). The van der Waals surface area contributed by atoms with Gasteiger partial charge in [0.05, 0.1) is 25.4 Å². The Morgan fingerprint density at radius 3 is 2.53 bits per heavy atom. The van der Waals surface area contributed by atoms with E-state index in [0.717, 1.165) is 38.5 Å². The Kier molecular flexibility index (Phi) is 10.0. The van der Waals surface area contributed by atoms with Gasteiger partial charge in [0.2, 0.25) is 0 Å². The normalized spacial score (nSPS) is 19.1. The first kappa shape index (κ1) is 26.3. The second-order valence-corrected chi connectivity index (χ2v) is 8.99. The Hall–Kier alpha value is -2.31. The standard InChI is InChI=1S/C28H35F3O3/c1-3-5-6-16-33-22-13-15-23(25(29)17-22)19-8-11-21(12-9-19)34-18-20-10-14-24(26(32)7-4-2)28(31)27(20)30/h3,10,13-15,17,19,21,26,32H,1,4-9,11-12,16,18H2,2H3. The van der Waals surface area contributed by atoms with Gasteiger partial charge in [0, 0.05) is 17.2 Å². The quantitative estimate of drug-likeness (QED) is 0.254. The van der Waals surface area contributed by atoms with Crippen LogP contribution in [0.1, 0.15) is 87.0 Å². The van der Waals surface area contributed by atoms with Gasteiger partial charge in [-0.1, -0.05) is 37.6 Å². The second kappa shape index (κ2) is 13.0. The van der Waals surface area contributed by atoms with Gasteiger partial charge in [-0.2, -0.15) is 0 Å². The van der Waals surface area contributed by atoms with E-state index >= 15 is 0 Å². The number of halogens is 3. The summed E-state index contributed by atoms with van der Waals surface area (Å²) in [6, 6.07) is 7.98. The first-order valence-electron chi connectivity index (χ1n) is 12.2. The Balaban J connectivity index is 1.50. The molecule has 0 spiro atoms. The summed E-state index contributed by atoms with van der Waals surface area (Å²) in [5.74, 6) is -1.59. The van der Waals surface area contributed by atoms with E-state index in [1.807, 2.05) is 19.1 Å². The zero-order valence-corrected chi connectivity index (χ0v) is 19.9. The molecule has 1 unspecified atom stereocenters. The summed E-state index contributed by atoms with van der Waals surface area (Å²) in [5.41, 5.74) is 0.812. The minimum absolute atomic E-state index is 0.0150.